The molecule has 0 bridgehead atoms. The van der Waals surface area contributed by atoms with Crippen molar-refractivity contribution in [1.82, 2.24) is 4.98 Å². The Balaban J connectivity index is 1.34. The number of nitrogens with one attached hydrogen (secondary N) is 2. The van der Waals surface area contributed by atoms with E-state index in [1.807, 2.05) is 62.4 Å². The maximum atomic E-state index is 12.4. The van der Waals surface area contributed by atoms with Gasteiger partial charge in [-0.1, -0.05) is 41.2 Å². The van der Waals surface area contributed by atoms with Gasteiger partial charge in [-0.05, 0) is 61.9 Å². The SMILES string of the molecule is Cc1ccc(C(=O)Nc2cccc(SCC(=O)Nc3nc4ccc(C)cc4s3)c2)cc1. The van der Waals surface area contributed by atoms with Gasteiger partial charge in [0.05, 0.1) is 16.0 Å². The summed E-state index contributed by atoms with van der Waals surface area (Å²) in [5.74, 6) is -0.0227. The molecule has 2 amide bonds. The molecule has 0 saturated heterocycles. The van der Waals surface area contributed by atoms with E-state index in [0.717, 1.165) is 20.7 Å². The first-order chi connectivity index (χ1) is 15.0. The molecular formula is C24H21N3O2S2. The van der Waals surface area contributed by atoms with Crippen LogP contribution < -0.4 is 10.6 Å². The molecule has 1 aromatic heterocycles. The summed E-state index contributed by atoms with van der Waals surface area (Å²) in [5.41, 5.74) is 4.45. The number of aryl methyl sites for hydroxylation is 2. The zero-order valence-corrected chi connectivity index (χ0v) is 18.8. The summed E-state index contributed by atoms with van der Waals surface area (Å²) < 4.78 is 1.06. The molecule has 0 aliphatic carbocycles. The van der Waals surface area contributed by atoms with Gasteiger partial charge in [0.2, 0.25) is 5.91 Å². The van der Waals surface area contributed by atoms with Crippen molar-refractivity contribution in [3.8, 4) is 0 Å². The van der Waals surface area contributed by atoms with Crippen LogP contribution in [0.25, 0.3) is 10.2 Å². The van der Waals surface area contributed by atoms with Crippen molar-refractivity contribution in [2.75, 3.05) is 16.4 Å². The highest BCUT2D eigenvalue weighted by Gasteiger charge is 2.10. The highest BCUT2D eigenvalue weighted by Crippen LogP contribution is 2.27. The molecule has 0 aliphatic heterocycles. The molecule has 3 aromatic carbocycles. The van der Waals surface area contributed by atoms with Gasteiger partial charge in [0.25, 0.3) is 5.91 Å². The fourth-order valence-electron chi connectivity index (χ4n) is 2.96. The first kappa shape index (κ1) is 21.1. The standard InChI is InChI=1S/C24H21N3O2S2/c1-15-6-9-17(10-7-15)23(29)25-18-4-3-5-19(13-18)30-14-22(28)27-24-26-20-11-8-16(2)12-21(20)31-24/h3-13H,14H2,1-2H3,(H,25,29)(H,26,27,28). The van der Waals surface area contributed by atoms with Gasteiger partial charge in [0.15, 0.2) is 5.13 Å². The number of benzene rings is 3. The van der Waals surface area contributed by atoms with Gasteiger partial charge in [-0.2, -0.15) is 0 Å². The van der Waals surface area contributed by atoms with E-state index in [1.165, 1.54) is 28.7 Å². The predicted molar refractivity (Wildman–Crippen MR) is 129 cm³/mol. The minimum Gasteiger partial charge on any atom is -0.322 e. The van der Waals surface area contributed by atoms with Crippen LogP contribution in [0.2, 0.25) is 0 Å². The van der Waals surface area contributed by atoms with Crippen LogP contribution in [-0.2, 0) is 4.79 Å². The highest BCUT2D eigenvalue weighted by molar-refractivity contribution is 8.00. The van der Waals surface area contributed by atoms with Crippen molar-refractivity contribution in [2.45, 2.75) is 18.7 Å². The Morgan fingerprint density at radius 2 is 1.71 bits per heavy atom. The van der Waals surface area contributed by atoms with Crippen molar-refractivity contribution in [2.24, 2.45) is 0 Å². The molecule has 156 valence electrons. The molecule has 0 unspecified atom stereocenters. The third-order valence-electron chi connectivity index (χ3n) is 4.57. The number of aromatic nitrogens is 1. The Morgan fingerprint density at radius 1 is 0.935 bits per heavy atom. The van der Waals surface area contributed by atoms with E-state index in [9.17, 15) is 9.59 Å². The van der Waals surface area contributed by atoms with Crippen LogP contribution in [0.5, 0.6) is 0 Å². The maximum Gasteiger partial charge on any atom is 0.255 e. The average molecular weight is 448 g/mol. The molecule has 0 saturated carbocycles. The second kappa shape index (κ2) is 9.32. The van der Waals surface area contributed by atoms with Crippen LogP contribution in [0.1, 0.15) is 21.5 Å². The molecule has 4 aromatic rings. The summed E-state index contributed by atoms with van der Waals surface area (Å²) in [4.78, 5) is 30.1. The summed E-state index contributed by atoms with van der Waals surface area (Å²) in [5, 5.41) is 6.38. The third-order valence-corrected chi connectivity index (χ3v) is 6.49. The van der Waals surface area contributed by atoms with Crippen LogP contribution in [-0.4, -0.2) is 22.6 Å². The van der Waals surface area contributed by atoms with Crippen LogP contribution in [0.4, 0.5) is 10.8 Å². The van der Waals surface area contributed by atoms with Crippen LogP contribution in [0.3, 0.4) is 0 Å². The number of carbonyl (C=O) groups is 2. The van der Waals surface area contributed by atoms with E-state index < -0.39 is 0 Å². The number of hydrogen-bond acceptors (Lipinski definition) is 5. The van der Waals surface area contributed by atoms with Gasteiger partial charge >= 0.3 is 0 Å². The Morgan fingerprint density at radius 3 is 2.52 bits per heavy atom. The second-order valence-corrected chi connectivity index (χ2v) is 9.25. The summed E-state index contributed by atoms with van der Waals surface area (Å²) in [6, 6.07) is 20.9. The Kier molecular flexibility index (Phi) is 6.34. The molecule has 1 heterocycles. The van der Waals surface area contributed by atoms with Gasteiger partial charge in [-0.15, -0.1) is 11.8 Å². The maximum absolute atomic E-state index is 12.4. The molecule has 0 atom stereocenters. The summed E-state index contributed by atoms with van der Waals surface area (Å²) in [6.07, 6.45) is 0. The van der Waals surface area contributed by atoms with E-state index in [4.69, 9.17) is 0 Å². The third kappa shape index (κ3) is 5.51. The van der Waals surface area contributed by atoms with Crippen LogP contribution >= 0.6 is 23.1 Å². The Labute approximate surface area is 188 Å². The number of rotatable bonds is 6. The number of thioether (sulfide) groups is 1. The summed E-state index contributed by atoms with van der Waals surface area (Å²) in [6.45, 7) is 4.02. The van der Waals surface area contributed by atoms with Gasteiger partial charge in [-0.25, -0.2) is 4.98 Å². The first-order valence-corrected chi connectivity index (χ1v) is 11.5. The predicted octanol–water partition coefficient (Wildman–Crippen LogP) is 5.90. The van der Waals surface area contributed by atoms with Gasteiger partial charge in [0, 0.05) is 16.1 Å². The average Bonchev–Trinajstić information content (AvgIpc) is 3.14. The number of thiazole rings is 1. The molecule has 0 radical (unpaired) electrons. The minimum absolute atomic E-state index is 0.116. The number of amides is 2. The number of hydrogen-bond donors (Lipinski definition) is 2. The molecule has 7 heteroatoms. The van der Waals surface area contributed by atoms with E-state index in [0.29, 0.717) is 16.4 Å². The smallest absolute Gasteiger partial charge is 0.255 e. The molecule has 5 nitrogen and oxygen atoms in total. The van der Waals surface area contributed by atoms with E-state index >= 15 is 0 Å². The van der Waals surface area contributed by atoms with Gasteiger partial charge in [0.1, 0.15) is 0 Å². The van der Waals surface area contributed by atoms with E-state index in [1.54, 1.807) is 12.1 Å². The molecule has 0 fully saturated rings. The molecule has 0 spiro atoms. The molecule has 2 N–H and O–H groups in total. The van der Waals surface area contributed by atoms with E-state index in [2.05, 4.69) is 21.7 Å². The summed E-state index contributed by atoms with van der Waals surface area (Å²) >= 11 is 2.88. The van der Waals surface area contributed by atoms with Crippen molar-refractivity contribution in [1.29, 1.82) is 0 Å². The topological polar surface area (TPSA) is 71.1 Å². The van der Waals surface area contributed by atoms with Crippen LogP contribution in [0.15, 0.2) is 71.6 Å². The van der Waals surface area contributed by atoms with Crippen LogP contribution in [0, 0.1) is 13.8 Å². The molecule has 31 heavy (non-hydrogen) atoms. The monoisotopic (exact) mass is 447 g/mol. The van der Waals surface area contributed by atoms with Crippen molar-refractivity contribution >= 4 is 55.9 Å². The highest BCUT2D eigenvalue weighted by atomic mass is 32.2. The van der Waals surface area contributed by atoms with Crippen molar-refractivity contribution in [3.63, 3.8) is 0 Å². The minimum atomic E-state index is -0.161. The molecule has 0 aliphatic rings. The number of anilines is 2. The number of fused-ring (bicyclic) bond motifs is 1. The van der Waals surface area contributed by atoms with Crippen molar-refractivity contribution < 1.29 is 9.59 Å². The lowest BCUT2D eigenvalue weighted by atomic mass is 10.1. The van der Waals surface area contributed by atoms with E-state index in [-0.39, 0.29) is 17.6 Å². The lowest BCUT2D eigenvalue weighted by Crippen LogP contribution is -2.14. The molecular weight excluding hydrogens is 426 g/mol. The first-order valence-electron chi connectivity index (χ1n) is 9.74. The lowest BCUT2D eigenvalue weighted by molar-refractivity contribution is -0.113. The largest absolute Gasteiger partial charge is 0.322 e. The Bertz CT molecular complexity index is 1250. The Hall–Kier alpha value is -3.16. The molecule has 4 rings (SSSR count). The van der Waals surface area contributed by atoms with Gasteiger partial charge < -0.3 is 10.6 Å². The zero-order valence-electron chi connectivity index (χ0n) is 17.1. The fourth-order valence-corrected chi connectivity index (χ4v) is 4.70. The number of carbonyl (C=O) groups excluding carboxylic acids is 2. The van der Waals surface area contributed by atoms with Crippen molar-refractivity contribution in [3.05, 3.63) is 83.4 Å². The fraction of sp³-hybridized carbons (Fsp3) is 0.125. The lowest BCUT2D eigenvalue weighted by Gasteiger charge is -2.08. The normalized spacial score (nSPS) is 10.8. The zero-order chi connectivity index (χ0) is 21.8. The quantitative estimate of drug-likeness (QED) is 0.361. The summed E-state index contributed by atoms with van der Waals surface area (Å²) in [7, 11) is 0. The second-order valence-electron chi connectivity index (χ2n) is 7.18. The number of nitrogens with zero attached hydrogens (tertiary/aromatic N) is 1. The van der Waals surface area contributed by atoms with Gasteiger partial charge in [-0.3, -0.25) is 9.59 Å².